The van der Waals surface area contributed by atoms with Crippen molar-refractivity contribution in [3.8, 4) is 0 Å². The number of hydrogen-bond acceptors (Lipinski definition) is 4. The number of piperazine rings is 1. The second-order valence-electron chi connectivity index (χ2n) is 6.08. The Balaban J connectivity index is 1.59. The van der Waals surface area contributed by atoms with Gasteiger partial charge in [-0.2, -0.15) is 4.31 Å². The van der Waals surface area contributed by atoms with Gasteiger partial charge in [-0.3, -0.25) is 4.79 Å². The van der Waals surface area contributed by atoms with Crippen LogP contribution in [0.5, 0.6) is 0 Å². The van der Waals surface area contributed by atoms with Gasteiger partial charge in [0.2, 0.25) is 15.9 Å². The molecule has 0 atom stereocenters. The highest BCUT2D eigenvalue weighted by Gasteiger charge is 2.32. The maximum Gasteiger partial charge on any atom is 0.246 e. The number of amides is 1. The number of halogens is 3. The molecule has 0 aromatic heterocycles. The second-order valence-corrected chi connectivity index (χ2v) is 9.82. The van der Waals surface area contributed by atoms with Gasteiger partial charge in [-0.1, -0.05) is 29.3 Å². The standard InChI is InChI=1S/C18H17Cl2FN2O3S2/c19-15-2-1-3-16(20)18(15)28(25,26)23-10-8-22(9-11-23)17(24)12-27-14-6-4-13(21)5-7-14/h1-7H,8-12H2. The van der Waals surface area contributed by atoms with Gasteiger partial charge >= 0.3 is 0 Å². The van der Waals surface area contributed by atoms with Crippen molar-refractivity contribution in [2.75, 3.05) is 31.9 Å². The van der Waals surface area contributed by atoms with Gasteiger partial charge in [-0.15, -0.1) is 11.8 Å². The SMILES string of the molecule is O=C(CSc1ccc(F)cc1)N1CCN(S(=O)(=O)c2c(Cl)cccc2Cl)CC1. The lowest BCUT2D eigenvalue weighted by Gasteiger charge is -2.34. The molecule has 0 radical (unpaired) electrons. The lowest BCUT2D eigenvalue weighted by atomic mass is 10.3. The first-order valence-corrected chi connectivity index (χ1v) is 11.6. The minimum atomic E-state index is -3.84. The van der Waals surface area contributed by atoms with Crippen LogP contribution in [0.15, 0.2) is 52.3 Å². The van der Waals surface area contributed by atoms with Gasteiger partial charge in [-0.25, -0.2) is 12.8 Å². The van der Waals surface area contributed by atoms with Crippen LogP contribution in [0.3, 0.4) is 0 Å². The van der Waals surface area contributed by atoms with E-state index in [1.165, 1.54) is 40.3 Å². The first-order chi connectivity index (χ1) is 13.3. The van der Waals surface area contributed by atoms with Gasteiger partial charge in [0.15, 0.2) is 0 Å². The van der Waals surface area contributed by atoms with Crippen LogP contribution in [0.1, 0.15) is 0 Å². The lowest BCUT2D eigenvalue weighted by molar-refractivity contribution is -0.129. The smallest absolute Gasteiger partial charge is 0.246 e. The fraction of sp³-hybridized carbons (Fsp3) is 0.278. The van der Waals surface area contributed by atoms with Gasteiger partial charge in [-0.05, 0) is 36.4 Å². The van der Waals surface area contributed by atoms with Gasteiger partial charge in [0, 0.05) is 31.1 Å². The third kappa shape index (κ3) is 4.80. The highest BCUT2D eigenvalue weighted by atomic mass is 35.5. The predicted octanol–water partition coefficient (Wildman–Crippen LogP) is 3.76. The van der Waals surface area contributed by atoms with Gasteiger partial charge in [0.1, 0.15) is 10.7 Å². The lowest BCUT2D eigenvalue weighted by Crippen LogP contribution is -2.51. The molecule has 1 fully saturated rings. The van der Waals surface area contributed by atoms with Crippen molar-refractivity contribution in [1.82, 2.24) is 9.21 Å². The van der Waals surface area contributed by atoms with Crippen LogP contribution in [0.2, 0.25) is 10.0 Å². The Morgan fingerprint density at radius 2 is 1.57 bits per heavy atom. The number of carbonyl (C=O) groups excluding carboxylic acids is 1. The van der Waals surface area contributed by atoms with E-state index in [4.69, 9.17) is 23.2 Å². The molecule has 1 aliphatic rings. The molecule has 0 N–H and O–H groups in total. The molecule has 1 saturated heterocycles. The summed E-state index contributed by atoms with van der Waals surface area (Å²) >= 11 is 13.4. The van der Waals surface area contributed by atoms with Crippen molar-refractivity contribution >= 4 is 50.9 Å². The van der Waals surface area contributed by atoms with Crippen molar-refractivity contribution in [3.63, 3.8) is 0 Å². The number of hydrogen-bond donors (Lipinski definition) is 0. The summed E-state index contributed by atoms with van der Waals surface area (Å²) < 4.78 is 39.9. The van der Waals surface area contributed by atoms with Crippen LogP contribution in [0, 0.1) is 5.82 Å². The van der Waals surface area contributed by atoms with E-state index < -0.39 is 10.0 Å². The molecular weight excluding hydrogens is 446 g/mol. The van der Waals surface area contributed by atoms with Crippen molar-refractivity contribution < 1.29 is 17.6 Å². The largest absolute Gasteiger partial charge is 0.339 e. The first kappa shape index (κ1) is 21.4. The topological polar surface area (TPSA) is 57.7 Å². The van der Waals surface area contributed by atoms with E-state index in [0.717, 1.165) is 4.90 Å². The molecule has 1 amide bonds. The third-order valence-electron chi connectivity index (χ3n) is 4.28. The molecular formula is C18H17Cl2FN2O3S2. The van der Waals surface area contributed by atoms with Crippen LogP contribution < -0.4 is 0 Å². The molecule has 1 aliphatic heterocycles. The van der Waals surface area contributed by atoms with E-state index in [9.17, 15) is 17.6 Å². The van der Waals surface area contributed by atoms with E-state index in [-0.39, 0.29) is 58.6 Å². The minimum absolute atomic E-state index is 0.0710. The normalized spacial score (nSPS) is 15.6. The molecule has 10 heteroatoms. The van der Waals surface area contributed by atoms with Gasteiger partial charge in [0.25, 0.3) is 0 Å². The zero-order valence-electron chi connectivity index (χ0n) is 14.6. The summed E-state index contributed by atoms with van der Waals surface area (Å²) in [6, 6.07) is 10.5. The molecule has 0 bridgehead atoms. The van der Waals surface area contributed by atoms with Crippen LogP contribution >= 0.6 is 35.0 Å². The molecule has 0 unspecified atom stereocenters. The zero-order chi connectivity index (χ0) is 20.3. The Morgan fingerprint density at radius 3 is 2.14 bits per heavy atom. The number of thioether (sulfide) groups is 1. The van der Waals surface area contributed by atoms with E-state index in [0.29, 0.717) is 0 Å². The van der Waals surface area contributed by atoms with Crippen molar-refractivity contribution in [1.29, 1.82) is 0 Å². The summed E-state index contributed by atoms with van der Waals surface area (Å²) in [6.45, 7) is 0.891. The predicted molar refractivity (Wildman–Crippen MR) is 109 cm³/mol. The maximum atomic E-state index is 12.9. The average molecular weight is 463 g/mol. The van der Waals surface area contributed by atoms with Crippen LogP contribution in [-0.2, 0) is 14.8 Å². The van der Waals surface area contributed by atoms with Gasteiger partial charge < -0.3 is 4.90 Å². The monoisotopic (exact) mass is 462 g/mol. The van der Waals surface area contributed by atoms with Crippen molar-refractivity contribution in [3.05, 3.63) is 58.3 Å². The molecule has 2 aromatic rings. The number of nitrogens with zero attached hydrogens (tertiary/aromatic N) is 2. The molecule has 3 rings (SSSR count). The molecule has 150 valence electrons. The fourth-order valence-electron chi connectivity index (χ4n) is 2.80. The quantitative estimate of drug-likeness (QED) is 0.634. The number of rotatable bonds is 5. The van der Waals surface area contributed by atoms with Crippen LogP contribution in [0.4, 0.5) is 4.39 Å². The summed E-state index contributed by atoms with van der Waals surface area (Å²) in [5.41, 5.74) is 0. The summed E-state index contributed by atoms with van der Waals surface area (Å²) in [7, 11) is -3.84. The summed E-state index contributed by atoms with van der Waals surface area (Å²) in [4.78, 5) is 14.7. The van der Waals surface area contributed by atoms with E-state index in [2.05, 4.69) is 0 Å². The molecule has 0 saturated carbocycles. The number of sulfonamides is 1. The molecule has 1 heterocycles. The Morgan fingerprint density at radius 1 is 1.00 bits per heavy atom. The maximum absolute atomic E-state index is 12.9. The van der Waals surface area contributed by atoms with Crippen LogP contribution in [0.25, 0.3) is 0 Å². The third-order valence-corrected chi connectivity index (χ3v) is 8.14. The Hall–Kier alpha value is -1.32. The van der Waals surface area contributed by atoms with E-state index >= 15 is 0 Å². The average Bonchev–Trinajstić information content (AvgIpc) is 2.67. The summed E-state index contributed by atoms with van der Waals surface area (Å²) in [5, 5.41) is 0.142. The number of carbonyl (C=O) groups is 1. The summed E-state index contributed by atoms with van der Waals surface area (Å²) in [6.07, 6.45) is 0. The zero-order valence-corrected chi connectivity index (χ0v) is 17.8. The highest BCUT2D eigenvalue weighted by molar-refractivity contribution is 8.00. The molecule has 28 heavy (non-hydrogen) atoms. The first-order valence-electron chi connectivity index (χ1n) is 8.39. The van der Waals surface area contributed by atoms with Crippen molar-refractivity contribution in [2.24, 2.45) is 0 Å². The van der Waals surface area contributed by atoms with E-state index in [1.54, 1.807) is 23.1 Å². The molecule has 2 aromatic carbocycles. The number of benzene rings is 2. The summed E-state index contributed by atoms with van der Waals surface area (Å²) in [5.74, 6) is -0.219. The van der Waals surface area contributed by atoms with Gasteiger partial charge in [0.05, 0.1) is 15.8 Å². The second kappa shape index (κ2) is 9.00. The fourth-order valence-corrected chi connectivity index (χ4v) is 6.12. The molecule has 0 aliphatic carbocycles. The Bertz CT molecular complexity index is 943. The Kier molecular flexibility index (Phi) is 6.88. The minimum Gasteiger partial charge on any atom is -0.339 e. The molecule has 5 nitrogen and oxygen atoms in total. The molecule has 0 spiro atoms. The van der Waals surface area contributed by atoms with E-state index in [1.807, 2.05) is 0 Å². The van der Waals surface area contributed by atoms with Crippen LogP contribution in [-0.4, -0.2) is 55.5 Å². The highest BCUT2D eigenvalue weighted by Crippen LogP contribution is 2.32. The Labute approximate surface area is 177 Å². The van der Waals surface area contributed by atoms with Crippen molar-refractivity contribution in [2.45, 2.75) is 9.79 Å².